The zero-order valence-electron chi connectivity index (χ0n) is 17.4. The lowest BCUT2D eigenvalue weighted by atomic mass is 10.1. The van der Waals surface area contributed by atoms with Gasteiger partial charge in [-0.05, 0) is 39.0 Å². The van der Waals surface area contributed by atoms with Crippen LogP contribution < -0.4 is 5.32 Å². The normalized spacial score (nSPS) is 11.5. The molecule has 4 rings (SSSR count). The fourth-order valence-electron chi connectivity index (χ4n) is 3.50. The first-order valence-corrected chi connectivity index (χ1v) is 9.87. The van der Waals surface area contributed by atoms with Crippen LogP contribution in [0.4, 0.5) is 8.78 Å². The number of aryl methyl sites for hydroxylation is 3. The number of alkyl halides is 2. The summed E-state index contributed by atoms with van der Waals surface area (Å²) in [6, 6.07) is 4.60. The summed E-state index contributed by atoms with van der Waals surface area (Å²) in [6.45, 7) is 6.39. The summed E-state index contributed by atoms with van der Waals surface area (Å²) in [5.41, 5.74) is 2.42. The Morgan fingerprint density at radius 2 is 2.06 bits per heavy atom. The Kier molecular flexibility index (Phi) is 5.53. The molecule has 0 atom stereocenters. The van der Waals surface area contributed by atoms with Gasteiger partial charge >= 0.3 is 0 Å². The van der Waals surface area contributed by atoms with Crippen molar-refractivity contribution in [1.82, 2.24) is 29.9 Å². The molecular weight excluding hydrogens is 406 g/mol. The number of nitrogens with zero attached hydrogens (tertiary/aromatic N) is 5. The summed E-state index contributed by atoms with van der Waals surface area (Å²) in [5, 5.41) is 11.7. The Morgan fingerprint density at radius 3 is 2.71 bits per heavy atom. The number of aromatic nitrogens is 5. The van der Waals surface area contributed by atoms with E-state index in [1.807, 2.05) is 20.0 Å². The van der Waals surface area contributed by atoms with Gasteiger partial charge in [0.1, 0.15) is 12.2 Å². The van der Waals surface area contributed by atoms with Crippen molar-refractivity contribution in [2.24, 2.45) is 0 Å². The van der Waals surface area contributed by atoms with Gasteiger partial charge < -0.3 is 9.73 Å². The van der Waals surface area contributed by atoms with Crippen molar-refractivity contribution in [3.05, 3.63) is 53.2 Å². The van der Waals surface area contributed by atoms with Crippen molar-refractivity contribution in [3.8, 4) is 11.5 Å². The average molecular weight is 428 g/mol. The van der Waals surface area contributed by atoms with Crippen molar-refractivity contribution in [1.29, 1.82) is 0 Å². The molecule has 0 fully saturated rings. The van der Waals surface area contributed by atoms with Crippen LogP contribution in [0, 0.1) is 13.8 Å². The molecule has 162 valence electrons. The molecule has 0 aromatic carbocycles. The molecule has 10 heteroatoms. The Morgan fingerprint density at radius 1 is 1.26 bits per heavy atom. The second kappa shape index (κ2) is 8.29. The molecule has 0 unspecified atom stereocenters. The Hall–Kier alpha value is -3.56. The molecule has 0 spiro atoms. The van der Waals surface area contributed by atoms with E-state index >= 15 is 0 Å². The lowest BCUT2D eigenvalue weighted by Crippen LogP contribution is -2.27. The van der Waals surface area contributed by atoms with Crippen LogP contribution in [0.2, 0.25) is 0 Å². The third-order valence-corrected chi connectivity index (χ3v) is 5.06. The van der Waals surface area contributed by atoms with Crippen LogP contribution in [0.25, 0.3) is 22.5 Å². The number of furan rings is 1. The predicted octanol–water partition coefficient (Wildman–Crippen LogP) is 3.78. The lowest BCUT2D eigenvalue weighted by Gasteiger charge is -2.08. The van der Waals surface area contributed by atoms with E-state index in [-0.39, 0.29) is 34.7 Å². The number of amides is 1. The van der Waals surface area contributed by atoms with Gasteiger partial charge in [0.15, 0.2) is 11.4 Å². The maximum Gasteiger partial charge on any atom is 0.264 e. The highest BCUT2D eigenvalue weighted by molar-refractivity contribution is 5.86. The number of fused-ring (bicyclic) bond motifs is 1. The molecule has 0 radical (unpaired) electrons. The number of nitrogens with one attached hydrogen (secondary N) is 1. The minimum absolute atomic E-state index is 0.150. The van der Waals surface area contributed by atoms with Gasteiger partial charge in [-0.3, -0.25) is 9.48 Å². The van der Waals surface area contributed by atoms with Crippen LogP contribution in [0.1, 0.15) is 35.9 Å². The molecule has 31 heavy (non-hydrogen) atoms. The van der Waals surface area contributed by atoms with Crippen LogP contribution in [0.15, 0.2) is 35.1 Å². The highest BCUT2D eigenvalue weighted by Gasteiger charge is 2.22. The zero-order valence-corrected chi connectivity index (χ0v) is 17.4. The molecule has 1 N–H and O–H groups in total. The molecule has 4 heterocycles. The van der Waals surface area contributed by atoms with Gasteiger partial charge in [0.2, 0.25) is 5.91 Å². The lowest BCUT2D eigenvalue weighted by molar-refractivity contribution is -0.121. The second-order valence-electron chi connectivity index (χ2n) is 7.19. The van der Waals surface area contributed by atoms with E-state index in [9.17, 15) is 13.6 Å². The van der Waals surface area contributed by atoms with E-state index in [1.54, 1.807) is 23.7 Å². The number of rotatable bonds is 7. The highest BCUT2D eigenvalue weighted by Crippen LogP contribution is 2.33. The number of pyridine rings is 1. The standard InChI is InChI=1S/C21H22F2N6O2/c1-4-28-10-14(12(2)26-28)9-24-18(30)11-29-21-19(13(3)27-29)15(20(22)23)8-16(25-21)17-6-5-7-31-17/h5-8,10,20H,4,9,11H2,1-3H3,(H,24,30). The maximum atomic E-state index is 13.8. The van der Waals surface area contributed by atoms with Crippen LogP contribution in [-0.4, -0.2) is 30.5 Å². The van der Waals surface area contributed by atoms with Crippen LogP contribution in [0.5, 0.6) is 0 Å². The highest BCUT2D eigenvalue weighted by atomic mass is 19.3. The Bertz CT molecular complexity index is 1230. The molecule has 0 saturated heterocycles. The first kappa shape index (κ1) is 20.7. The summed E-state index contributed by atoms with van der Waals surface area (Å²) >= 11 is 0. The Labute approximate surface area is 176 Å². The number of hydrogen-bond donors (Lipinski definition) is 1. The van der Waals surface area contributed by atoms with E-state index in [0.29, 0.717) is 18.0 Å². The second-order valence-corrected chi connectivity index (χ2v) is 7.19. The number of hydrogen-bond acceptors (Lipinski definition) is 5. The third-order valence-electron chi connectivity index (χ3n) is 5.06. The Balaban J connectivity index is 1.62. The minimum Gasteiger partial charge on any atom is -0.463 e. The third kappa shape index (κ3) is 4.05. The van der Waals surface area contributed by atoms with Crippen molar-refractivity contribution >= 4 is 16.9 Å². The molecular formula is C21H22F2N6O2. The van der Waals surface area contributed by atoms with Gasteiger partial charge in [-0.1, -0.05) is 0 Å². The SMILES string of the molecule is CCn1cc(CNC(=O)Cn2nc(C)c3c(C(F)F)cc(-c4ccco4)nc32)c(C)n1. The van der Waals surface area contributed by atoms with Crippen molar-refractivity contribution in [2.45, 2.75) is 46.8 Å². The molecule has 0 aliphatic heterocycles. The fraction of sp³-hybridized carbons (Fsp3) is 0.333. The van der Waals surface area contributed by atoms with E-state index in [1.165, 1.54) is 17.0 Å². The quantitative estimate of drug-likeness (QED) is 0.484. The van der Waals surface area contributed by atoms with Crippen LogP contribution in [-0.2, 0) is 24.4 Å². The van der Waals surface area contributed by atoms with Gasteiger partial charge in [-0.25, -0.2) is 18.4 Å². The summed E-state index contributed by atoms with van der Waals surface area (Å²) < 4.78 is 36.0. The molecule has 0 aliphatic rings. The van der Waals surface area contributed by atoms with Gasteiger partial charge in [0.05, 0.1) is 23.0 Å². The van der Waals surface area contributed by atoms with Gasteiger partial charge in [0, 0.05) is 30.4 Å². The van der Waals surface area contributed by atoms with Crippen LogP contribution >= 0.6 is 0 Å². The minimum atomic E-state index is -2.72. The van der Waals surface area contributed by atoms with Crippen molar-refractivity contribution in [3.63, 3.8) is 0 Å². The molecule has 8 nitrogen and oxygen atoms in total. The van der Waals surface area contributed by atoms with Crippen molar-refractivity contribution in [2.75, 3.05) is 0 Å². The molecule has 0 saturated carbocycles. The smallest absolute Gasteiger partial charge is 0.264 e. The van der Waals surface area contributed by atoms with E-state index in [0.717, 1.165) is 17.8 Å². The largest absolute Gasteiger partial charge is 0.463 e. The zero-order chi connectivity index (χ0) is 22.1. The molecule has 4 aromatic rings. The van der Waals surface area contributed by atoms with Gasteiger partial charge in [0.25, 0.3) is 6.43 Å². The van der Waals surface area contributed by atoms with E-state index < -0.39 is 6.43 Å². The predicted molar refractivity (Wildman–Crippen MR) is 109 cm³/mol. The molecule has 4 aromatic heterocycles. The first-order chi connectivity index (χ1) is 14.9. The average Bonchev–Trinajstić information content (AvgIpc) is 3.46. The topological polar surface area (TPSA) is 90.8 Å². The molecule has 1 amide bonds. The summed E-state index contributed by atoms with van der Waals surface area (Å²) in [4.78, 5) is 17.0. The van der Waals surface area contributed by atoms with Crippen LogP contribution in [0.3, 0.4) is 0 Å². The number of carbonyl (C=O) groups excluding carboxylic acids is 1. The monoisotopic (exact) mass is 428 g/mol. The molecule has 0 aliphatic carbocycles. The first-order valence-electron chi connectivity index (χ1n) is 9.87. The summed E-state index contributed by atoms with van der Waals surface area (Å²) in [5.74, 6) is 0.0545. The number of carbonyl (C=O) groups is 1. The van der Waals surface area contributed by atoms with Gasteiger partial charge in [-0.15, -0.1) is 0 Å². The summed E-state index contributed by atoms with van der Waals surface area (Å²) in [6.07, 6.45) is 0.611. The van der Waals surface area contributed by atoms with E-state index in [2.05, 4.69) is 20.5 Å². The van der Waals surface area contributed by atoms with Crippen molar-refractivity contribution < 1.29 is 18.0 Å². The summed E-state index contributed by atoms with van der Waals surface area (Å²) in [7, 11) is 0. The number of halogens is 2. The maximum absolute atomic E-state index is 13.8. The van der Waals surface area contributed by atoms with E-state index in [4.69, 9.17) is 4.42 Å². The van der Waals surface area contributed by atoms with Gasteiger partial charge in [-0.2, -0.15) is 10.2 Å². The molecule has 0 bridgehead atoms. The fourth-order valence-corrected chi connectivity index (χ4v) is 3.50.